The van der Waals surface area contributed by atoms with Crippen molar-refractivity contribution in [2.24, 2.45) is 17.1 Å². The third-order valence-electron chi connectivity index (χ3n) is 4.59. The minimum atomic E-state index is -0.528. The largest absolute Gasteiger partial charge is 0.368 e. The van der Waals surface area contributed by atoms with Crippen LogP contribution in [0.2, 0.25) is 0 Å². The van der Waals surface area contributed by atoms with E-state index in [1.807, 2.05) is 0 Å². The lowest BCUT2D eigenvalue weighted by molar-refractivity contribution is -0.118. The number of nitrogens with zero attached hydrogens (tertiary/aromatic N) is 2. The highest BCUT2D eigenvalue weighted by Crippen LogP contribution is 2.41. The molecule has 1 atom stereocenters. The Bertz CT molecular complexity index is 798. The molecule has 1 aliphatic rings. The Morgan fingerprint density at radius 3 is 2.86 bits per heavy atom. The van der Waals surface area contributed by atoms with Gasteiger partial charge in [0.1, 0.15) is 11.4 Å². The highest BCUT2D eigenvalue weighted by molar-refractivity contribution is 7.18. The van der Waals surface area contributed by atoms with Gasteiger partial charge in [0.05, 0.1) is 11.7 Å². The summed E-state index contributed by atoms with van der Waals surface area (Å²) in [5, 5.41) is 0.691. The fourth-order valence-corrected chi connectivity index (χ4v) is 4.48. The van der Waals surface area contributed by atoms with Crippen molar-refractivity contribution in [3.8, 4) is 0 Å². The third kappa shape index (κ3) is 2.56. The lowest BCUT2D eigenvalue weighted by Crippen LogP contribution is -2.29. The molecule has 0 bridgehead atoms. The van der Waals surface area contributed by atoms with Gasteiger partial charge >= 0.3 is 0 Å². The van der Waals surface area contributed by atoms with Gasteiger partial charge < -0.3 is 5.73 Å². The normalized spacial score (nSPS) is 18.4. The molecule has 0 aliphatic heterocycles. The third-order valence-corrected chi connectivity index (χ3v) is 5.75. The Morgan fingerprint density at radius 2 is 2.23 bits per heavy atom. The van der Waals surface area contributed by atoms with Crippen LogP contribution in [0.3, 0.4) is 0 Å². The smallest absolute Gasteiger partial charge is 0.262 e. The van der Waals surface area contributed by atoms with E-state index < -0.39 is 5.91 Å². The van der Waals surface area contributed by atoms with E-state index in [2.05, 4.69) is 25.8 Å². The van der Waals surface area contributed by atoms with Gasteiger partial charge in [0.15, 0.2) is 0 Å². The van der Waals surface area contributed by atoms with Gasteiger partial charge in [0.2, 0.25) is 5.91 Å². The van der Waals surface area contributed by atoms with Crippen LogP contribution < -0.4 is 11.3 Å². The van der Waals surface area contributed by atoms with Crippen molar-refractivity contribution in [1.82, 2.24) is 9.55 Å². The Labute approximate surface area is 133 Å². The molecular weight excluding hydrogens is 298 g/mol. The number of fused-ring (bicyclic) bond motifs is 3. The maximum absolute atomic E-state index is 12.6. The van der Waals surface area contributed by atoms with Gasteiger partial charge in [-0.3, -0.25) is 14.2 Å². The molecule has 0 spiro atoms. The Hall–Kier alpha value is -1.69. The van der Waals surface area contributed by atoms with Crippen LogP contribution in [0.1, 0.15) is 37.6 Å². The second-order valence-corrected chi connectivity index (χ2v) is 8.22. The van der Waals surface area contributed by atoms with Crippen molar-refractivity contribution in [2.75, 3.05) is 0 Å². The van der Waals surface area contributed by atoms with Gasteiger partial charge in [-0.1, -0.05) is 20.8 Å². The molecular formula is C16H21N3O2S. The molecule has 6 heteroatoms. The maximum Gasteiger partial charge on any atom is 0.262 e. The number of nitrogens with two attached hydrogens (primary N) is 1. The predicted molar refractivity (Wildman–Crippen MR) is 88.0 cm³/mol. The van der Waals surface area contributed by atoms with E-state index in [0.29, 0.717) is 11.3 Å². The molecule has 2 N–H and O–H groups in total. The number of primary amides is 1. The van der Waals surface area contributed by atoms with Crippen LogP contribution in [0.25, 0.3) is 10.2 Å². The summed E-state index contributed by atoms with van der Waals surface area (Å²) in [6.07, 6.45) is 4.44. The molecule has 2 heterocycles. The highest BCUT2D eigenvalue weighted by Gasteiger charge is 2.31. The van der Waals surface area contributed by atoms with Crippen LogP contribution in [0.4, 0.5) is 0 Å². The van der Waals surface area contributed by atoms with Crippen molar-refractivity contribution in [2.45, 2.75) is 46.6 Å². The molecule has 0 aromatic carbocycles. The van der Waals surface area contributed by atoms with Crippen molar-refractivity contribution < 1.29 is 4.79 Å². The first-order valence-electron chi connectivity index (χ1n) is 7.55. The lowest BCUT2D eigenvalue weighted by atomic mass is 9.72. The van der Waals surface area contributed by atoms with E-state index in [0.717, 1.165) is 29.7 Å². The average molecular weight is 319 g/mol. The Kier molecular flexibility index (Phi) is 3.59. The molecule has 2 aromatic heterocycles. The lowest BCUT2D eigenvalue weighted by Gasteiger charge is -2.33. The molecule has 22 heavy (non-hydrogen) atoms. The minimum Gasteiger partial charge on any atom is -0.368 e. The molecule has 0 radical (unpaired) electrons. The maximum atomic E-state index is 12.6. The Balaban J connectivity index is 2.08. The first kappa shape index (κ1) is 15.2. The monoisotopic (exact) mass is 319 g/mol. The van der Waals surface area contributed by atoms with E-state index in [9.17, 15) is 9.59 Å². The van der Waals surface area contributed by atoms with Crippen LogP contribution in [-0.4, -0.2) is 15.5 Å². The summed E-state index contributed by atoms with van der Waals surface area (Å²) >= 11 is 1.62. The van der Waals surface area contributed by atoms with Crippen LogP contribution in [-0.2, 0) is 24.2 Å². The van der Waals surface area contributed by atoms with E-state index in [-0.39, 0.29) is 17.5 Å². The molecule has 1 aliphatic carbocycles. The van der Waals surface area contributed by atoms with E-state index in [4.69, 9.17) is 5.73 Å². The number of hydrogen-bond acceptors (Lipinski definition) is 4. The standard InChI is InChI=1S/C16H21N3O2S/c1-16(2,3)9-4-5-10-11(6-9)22-14-13(10)15(21)19(8-18-14)7-12(17)20/h8-9H,4-7H2,1-3H3,(H2,17,20)/t9-/m0/s1. The van der Waals surface area contributed by atoms with Crippen LogP contribution in [0.5, 0.6) is 0 Å². The van der Waals surface area contributed by atoms with Crippen LogP contribution in [0.15, 0.2) is 11.1 Å². The van der Waals surface area contributed by atoms with Crippen molar-refractivity contribution >= 4 is 27.5 Å². The number of amides is 1. The van der Waals surface area contributed by atoms with Crippen molar-refractivity contribution in [3.05, 3.63) is 27.1 Å². The van der Waals surface area contributed by atoms with Gasteiger partial charge in [0, 0.05) is 4.88 Å². The molecule has 0 saturated carbocycles. The SMILES string of the molecule is CC(C)(C)[C@H]1CCc2c(sc3ncn(CC(N)=O)c(=O)c23)C1. The van der Waals surface area contributed by atoms with E-state index in [1.54, 1.807) is 11.3 Å². The number of aromatic nitrogens is 2. The summed E-state index contributed by atoms with van der Waals surface area (Å²) in [6.45, 7) is 6.70. The van der Waals surface area contributed by atoms with Crippen molar-refractivity contribution in [1.29, 1.82) is 0 Å². The number of carbonyl (C=O) groups excluding carboxylic acids is 1. The second kappa shape index (κ2) is 5.19. The summed E-state index contributed by atoms with van der Waals surface area (Å²) in [6, 6.07) is 0. The van der Waals surface area contributed by atoms with Gasteiger partial charge in [-0.15, -0.1) is 11.3 Å². The van der Waals surface area contributed by atoms with Gasteiger partial charge in [-0.2, -0.15) is 0 Å². The predicted octanol–water partition coefficient (Wildman–Crippen LogP) is 2.09. The summed E-state index contributed by atoms with van der Waals surface area (Å²) in [4.78, 5) is 30.1. The summed E-state index contributed by atoms with van der Waals surface area (Å²) in [5.74, 6) is 0.0982. The van der Waals surface area contributed by atoms with Gasteiger partial charge in [-0.25, -0.2) is 4.98 Å². The summed E-state index contributed by atoms with van der Waals surface area (Å²) in [7, 11) is 0. The zero-order valence-corrected chi connectivity index (χ0v) is 14.0. The fraction of sp³-hybridized carbons (Fsp3) is 0.562. The number of hydrogen-bond donors (Lipinski definition) is 1. The number of aryl methyl sites for hydroxylation is 1. The topological polar surface area (TPSA) is 78.0 Å². The van der Waals surface area contributed by atoms with Crippen LogP contribution in [0, 0.1) is 11.3 Å². The molecule has 0 unspecified atom stereocenters. The summed E-state index contributed by atoms with van der Waals surface area (Å²) in [5.41, 5.74) is 6.46. The molecule has 0 saturated heterocycles. The Morgan fingerprint density at radius 1 is 1.50 bits per heavy atom. The zero-order valence-electron chi connectivity index (χ0n) is 13.2. The first-order valence-corrected chi connectivity index (χ1v) is 8.37. The van der Waals surface area contributed by atoms with Gasteiger partial charge in [-0.05, 0) is 36.2 Å². The van der Waals surface area contributed by atoms with E-state index >= 15 is 0 Å². The fourth-order valence-electron chi connectivity index (χ4n) is 3.22. The zero-order chi connectivity index (χ0) is 16.1. The molecule has 3 rings (SSSR count). The van der Waals surface area contributed by atoms with Gasteiger partial charge in [0.25, 0.3) is 5.56 Å². The number of thiophene rings is 1. The second-order valence-electron chi connectivity index (χ2n) is 7.13. The number of carbonyl (C=O) groups is 1. The molecule has 118 valence electrons. The molecule has 0 fully saturated rings. The average Bonchev–Trinajstić information content (AvgIpc) is 2.78. The number of rotatable bonds is 2. The van der Waals surface area contributed by atoms with E-state index in [1.165, 1.54) is 15.8 Å². The minimum absolute atomic E-state index is 0.114. The summed E-state index contributed by atoms with van der Waals surface area (Å²) < 4.78 is 1.31. The first-order chi connectivity index (χ1) is 10.3. The molecule has 1 amide bonds. The quantitative estimate of drug-likeness (QED) is 0.920. The van der Waals surface area contributed by atoms with Crippen molar-refractivity contribution in [3.63, 3.8) is 0 Å². The molecule has 2 aromatic rings. The van der Waals surface area contributed by atoms with Crippen LogP contribution >= 0.6 is 11.3 Å². The molecule has 5 nitrogen and oxygen atoms in total. The highest BCUT2D eigenvalue weighted by atomic mass is 32.1.